The molecule has 0 bridgehead atoms. The lowest BCUT2D eigenvalue weighted by atomic mass is 9.97. The molecule has 0 atom stereocenters. The van der Waals surface area contributed by atoms with E-state index in [1.807, 2.05) is 0 Å². The number of amides is 2. The van der Waals surface area contributed by atoms with Gasteiger partial charge in [-0.25, -0.2) is 0 Å². The summed E-state index contributed by atoms with van der Waals surface area (Å²) in [5.74, 6) is -0.892. The molecule has 1 aliphatic rings. The number of hydrogen-bond donors (Lipinski definition) is 8. The molecule has 0 aromatic heterocycles. The number of benzene rings is 4. The Morgan fingerprint density at radius 1 is 0.615 bits per heavy atom. The number of aromatic hydroxyl groups is 6. The Kier molecular flexibility index (Phi) is 12.5. The number of rotatable bonds is 14. The van der Waals surface area contributed by atoms with Gasteiger partial charge >= 0.3 is 0 Å². The molecule has 1 aliphatic heterocycles. The fraction of sp³-hybridized carbons (Fsp3) is 0.350. The van der Waals surface area contributed by atoms with Crippen molar-refractivity contribution in [2.75, 3.05) is 52.4 Å². The van der Waals surface area contributed by atoms with Crippen LogP contribution in [0.2, 0.25) is 0 Å². The zero-order chi connectivity index (χ0) is 37.4. The SMILES string of the molecule is Cc1c(/C=C/CC(=O)NCCCN2CCN(CCCNC(=O)C/C=C/c3c(C)c(O)c4cccc(O)c4c3O)CC2)c(O)c2c(O)cccc2c1O. The summed E-state index contributed by atoms with van der Waals surface area (Å²) in [6, 6.07) is 9.32. The zero-order valence-corrected chi connectivity index (χ0v) is 29.7. The third kappa shape index (κ3) is 8.70. The molecule has 1 fully saturated rings. The summed E-state index contributed by atoms with van der Waals surface area (Å²) < 4.78 is 0. The molecular weight excluding hydrogens is 664 g/mol. The van der Waals surface area contributed by atoms with E-state index in [2.05, 4.69) is 20.4 Å². The fourth-order valence-electron chi connectivity index (χ4n) is 6.67. The van der Waals surface area contributed by atoms with Crippen molar-refractivity contribution in [3.63, 3.8) is 0 Å². The van der Waals surface area contributed by atoms with Crippen LogP contribution in [0.25, 0.3) is 33.7 Å². The third-order valence-corrected chi connectivity index (χ3v) is 9.68. The number of carbonyl (C=O) groups is 2. The molecule has 12 nitrogen and oxygen atoms in total. The minimum Gasteiger partial charge on any atom is -0.507 e. The standard InChI is InChI=1S/C40H48N4O8/c1-25-27(39(51)35-29(37(25)49)11-3-13-31(35)45)9-5-15-33(47)41-17-7-19-43-21-23-44(24-22-43)20-8-18-42-34(48)16-6-10-28-26(2)38(50)30-12-4-14-32(46)36(30)40(28)52/h3-6,9-14,45-46,49-52H,7-8,15-24H2,1-2H3,(H,41,47)(H,42,48)/b9-5+,10-6+. The van der Waals surface area contributed by atoms with Crippen molar-refractivity contribution in [3.05, 3.63) is 70.8 Å². The fourth-order valence-corrected chi connectivity index (χ4v) is 6.67. The van der Waals surface area contributed by atoms with Gasteiger partial charge in [0.05, 0.1) is 10.8 Å². The number of hydrogen-bond acceptors (Lipinski definition) is 10. The van der Waals surface area contributed by atoms with E-state index in [0.717, 1.165) is 52.1 Å². The van der Waals surface area contributed by atoms with E-state index in [4.69, 9.17) is 0 Å². The summed E-state index contributed by atoms with van der Waals surface area (Å²) >= 11 is 0. The van der Waals surface area contributed by atoms with Crippen molar-refractivity contribution in [2.45, 2.75) is 39.5 Å². The van der Waals surface area contributed by atoms with Crippen LogP contribution in [0.3, 0.4) is 0 Å². The minimum absolute atomic E-state index is 0.0257. The van der Waals surface area contributed by atoms with Crippen LogP contribution in [0.4, 0.5) is 0 Å². The Labute approximate surface area is 302 Å². The van der Waals surface area contributed by atoms with Gasteiger partial charge in [0, 0.05) is 85.1 Å². The highest BCUT2D eigenvalue weighted by molar-refractivity contribution is 6.02. The lowest BCUT2D eigenvalue weighted by Gasteiger charge is -2.34. The molecule has 4 aromatic rings. The Hall–Kier alpha value is -5.46. The van der Waals surface area contributed by atoms with Gasteiger partial charge in [0.1, 0.15) is 34.5 Å². The predicted octanol–water partition coefficient (Wildman–Crippen LogP) is 4.98. The van der Waals surface area contributed by atoms with Crippen LogP contribution in [0, 0.1) is 13.8 Å². The summed E-state index contributed by atoms with van der Waals surface area (Å²) in [4.78, 5) is 29.6. The maximum absolute atomic E-state index is 12.4. The van der Waals surface area contributed by atoms with E-state index < -0.39 is 0 Å². The van der Waals surface area contributed by atoms with E-state index >= 15 is 0 Å². The normalized spacial score (nSPS) is 14.2. The number of piperazine rings is 1. The van der Waals surface area contributed by atoms with Crippen molar-refractivity contribution in [1.82, 2.24) is 20.4 Å². The zero-order valence-electron chi connectivity index (χ0n) is 29.7. The summed E-state index contributed by atoms with van der Waals surface area (Å²) in [5.41, 5.74) is 1.63. The second-order valence-electron chi connectivity index (χ2n) is 13.2. The Bertz CT molecular complexity index is 1860. The molecule has 8 N–H and O–H groups in total. The molecule has 0 aliphatic carbocycles. The lowest BCUT2D eigenvalue weighted by molar-refractivity contribution is -0.121. The smallest absolute Gasteiger partial charge is 0.223 e. The van der Waals surface area contributed by atoms with Gasteiger partial charge in [-0.1, -0.05) is 48.6 Å². The molecule has 0 radical (unpaired) electrons. The highest BCUT2D eigenvalue weighted by Gasteiger charge is 2.19. The topological polar surface area (TPSA) is 186 Å². The van der Waals surface area contributed by atoms with Crippen LogP contribution in [0.15, 0.2) is 48.6 Å². The molecule has 2 amide bonds. The molecule has 12 heteroatoms. The van der Waals surface area contributed by atoms with Gasteiger partial charge in [-0.2, -0.15) is 0 Å². The van der Waals surface area contributed by atoms with Gasteiger partial charge in [0.2, 0.25) is 11.8 Å². The molecule has 0 spiro atoms. The first-order chi connectivity index (χ1) is 25.0. The van der Waals surface area contributed by atoms with Crippen LogP contribution in [-0.4, -0.2) is 105 Å². The number of phenols is 6. The monoisotopic (exact) mass is 712 g/mol. The highest BCUT2D eigenvalue weighted by Crippen LogP contribution is 2.44. The van der Waals surface area contributed by atoms with Gasteiger partial charge < -0.3 is 51.1 Å². The molecule has 276 valence electrons. The van der Waals surface area contributed by atoms with Crippen LogP contribution in [-0.2, 0) is 9.59 Å². The highest BCUT2D eigenvalue weighted by atomic mass is 16.3. The van der Waals surface area contributed by atoms with Crippen molar-refractivity contribution in [2.24, 2.45) is 0 Å². The average molecular weight is 713 g/mol. The van der Waals surface area contributed by atoms with E-state index in [0.29, 0.717) is 46.1 Å². The largest absolute Gasteiger partial charge is 0.507 e. The van der Waals surface area contributed by atoms with E-state index in [1.54, 1.807) is 62.4 Å². The van der Waals surface area contributed by atoms with Crippen molar-refractivity contribution in [3.8, 4) is 34.5 Å². The van der Waals surface area contributed by atoms with Crippen molar-refractivity contribution >= 4 is 45.5 Å². The molecule has 0 saturated carbocycles. The summed E-state index contributed by atoms with van der Waals surface area (Å²) in [6.07, 6.45) is 8.30. The van der Waals surface area contributed by atoms with Gasteiger partial charge in [-0.15, -0.1) is 0 Å². The van der Waals surface area contributed by atoms with Crippen LogP contribution in [0.1, 0.15) is 47.9 Å². The number of fused-ring (bicyclic) bond motifs is 2. The van der Waals surface area contributed by atoms with Crippen LogP contribution in [0.5, 0.6) is 34.5 Å². The second-order valence-corrected chi connectivity index (χ2v) is 13.2. The third-order valence-electron chi connectivity index (χ3n) is 9.68. The van der Waals surface area contributed by atoms with Crippen molar-refractivity contribution < 1.29 is 40.2 Å². The Morgan fingerprint density at radius 2 is 1.00 bits per heavy atom. The van der Waals surface area contributed by atoms with Crippen LogP contribution >= 0.6 is 0 Å². The molecule has 0 unspecified atom stereocenters. The molecule has 4 aromatic carbocycles. The van der Waals surface area contributed by atoms with Gasteiger partial charge in [-0.05, 0) is 51.9 Å². The number of carbonyl (C=O) groups excluding carboxylic acids is 2. The van der Waals surface area contributed by atoms with Gasteiger partial charge in [-0.3, -0.25) is 9.59 Å². The first kappa shape index (κ1) is 37.8. The Morgan fingerprint density at radius 3 is 1.38 bits per heavy atom. The van der Waals surface area contributed by atoms with Crippen molar-refractivity contribution in [1.29, 1.82) is 0 Å². The maximum atomic E-state index is 12.4. The molecular formula is C40H48N4O8. The number of phenolic OH excluding ortho intramolecular Hbond substituents is 6. The number of nitrogens with one attached hydrogen (secondary N) is 2. The average Bonchev–Trinajstić information content (AvgIpc) is 3.13. The maximum Gasteiger partial charge on any atom is 0.223 e. The predicted molar refractivity (Wildman–Crippen MR) is 203 cm³/mol. The summed E-state index contributed by atoms with van der Waals surface area (Å²) in [6.45, 7) is 9.90. The quantitative estimate of drug-likeness (QED) is 0.0655. The van der Waals surface area contributed by atoms with E-state index in [9.17, 15) is 40.2 Å². The second kappa shape index (κ2) is 17.2. The molecule has 1 heterocycles. The van der Waals surface area contributed by atoms with E-state index in [1.165, 1.54) is 12.1 Å². The molecule has 1 saturated heterocycles. The first-order valence-corrected chi connectivity index (χ1v) is 17.6. The van der Waals surface area contributed by atoms with Crippen LogP contribution < -0.4 is 10.6 Å². The molecule has 52 heavy (non-hydrogen) atoms. The first-order valence-electron chi connectivity index (χ1n) is 17.6. The minimum atomic E-state index is -0.144. The summed E-state index contributed by atoms with van der Waals surface area (Å²) in [7, 11) is 0. The van der Waals surface area contributed by atoms with Gasteiger partial charge in [0.15, 0.2) is 0 Å². The number of nitrogens with zero attached hydrogens (tertiary/aromatic N) is 2. The Balaban J connectivity index is 0.942. The lowest BCUT2D eigenvalue weighted by Crippen LogP contribution is -2.47. The molecule has 5 rings (SSSR count). The van der Waals surface area contributed by atoms with Gasteiger partial charge in [0.25, 0.3) is 0 Å². The van der Waals surface area contributed by atoms with E-state index in [-0.39, 0.29) is 69.9 Å². The summed E-state index contributed by atoms with van der Waals surface area (Å²) in [5, 5.41) is 69.8.